The van der Waals surface area contributed by atoms with Gasteiger partial charge in [0.15, 0.2) is 5.11 Å². The summed E-state index contributed by atoms with van der Waals surface area (Å²) in [5.41, 5.74) is 1.16. The SMILES string of the molecule is C=CCNC(=S)NCc1ccncc1. The number of aromatic nitrogens is 1. The molecule has 0 unspecified atom stereocenters. The predicted octanol–water partition coefficient (Wildman–Crippen LogP) is 1.23. The summed E-state index contributed by atoms with van der Waals surface area (Å²) < 4.78 is 0. The molecule has 0 radical (unpaired) electrons. The van der Waals surface area contributed by atoms with Gasteiger partial charge in [-0.2, -0.15) is 0 Å². The van der Waals surface area contributed by atoms with E-state index in [1.807, 2.05) is 12.1 Å². The number of hydrogen-bond acceptors (Lipinski definition) is 2. The lowest BCUT2D eigenvalue weighted by Gasteiger charge is -2.08. The van der Waals surface area contributed by atoms with Crippen LogP contribution in [0.1, 0.15) is 5.56 Å². The first-order valence-corrected chi connectivity index (χ1v) is 4.75. The summed E-state index contributed by atoms with van der Waals surface area (Å²) in [5.74, 6) is 0. The Balaban J connectivity index is 2.27. The van der Waals surface area contributed by atoms with Crippen LogP contribution in [0.25, 0.3) is 0 Å². The first kappa shape index (κ1) is 10.7. The van der Waals surface area contributed by atoms with Crippen molar-refractivity contribution in [3.05, 3.63) is 42.7 Å². The van der Waals surface area contributed by atoms with Crippen molar-refractivity contribution < 1.29 is 0 Å². The molecule has 1 aromatic rings. The summed E-state index contributed by atoms with van der Waals surface area (Å²) in [6.07, 6.45) is 5.29. The molecule has 14 heavy (non-hydrogen) atoms. The van der Waals surface area contributed by atoms with Crippen molar-refractivity contribution in [3.63, 3.8) is 0 Å². The Kier molecular flexibility index (Phi) is 4.64. The van der Waals surface area contributed by atoms with Gasteiger partial charge in [0.1, 0.15) is 0 Å². The van der Waals surface area contributed by atoms with Crippen LogP contribution in [-0.2, 0) is 6.54 Å². The average Bonchev–Trinajstić information content (AvgIpc) is 2.25. The maximum Gasteiger partial charge on any atom is 0.166 e. The molecule has 0 saturated carbocycles. The highest BCUT2D eigenvalue weighted by molar-refractivity contribution is 7.80. The van der Waals surface area contributed by atoms with Gasteiger partial charge in [-0.25, -0.2) is 0 Å². The van der Waals surface area contributed by atoms with Crippen LogP contribution in [0.4, 0.5) is 0 Å². The molecule has 0 aliphatic heterocycles. The van der Waals surface area contributed by atoms with E-state index in [4.69, 9.17) is 12.2 Å². The van der Waals surface area contributed by atoms with E-state index < -0.39 is 0 Å². The van der Waals surface area contributed by atoms with Crippen molar-refractivity contribution in [2.24, 2.45) is 0 Å². The third kappa shape index (κ3) is 4.00. The van der Waals surface area contributed by atoms with Crippen LogP contribution >= 0.6 is 12.2 Å². The second-order valence-electron chi connectivity index (χ2n) is 2.71. The molecule has 0 amide bonds. The fourth-order valence-electron chi connectivity index (χ4n) is 0.910. The Hall–Kier alpha value is -1.42. The summed E-state index contributed by atoms with van der Waals surface area (Å²) in [6, 6.07) is 3.90. The molecule has 0 fully saturated rings. The van der Waals surface area contributed by atoms with Gasteiger partial charge in [-0.05, 0) is 29.9 Å². The molecule has 1 heterocycles. The molecule has 2 N–H and O–H groups in total. The summed E-state index contributed by atoms with van der Waals surface area (Å²) in [4.78, 5) is 3.93. The van der Waals surface area contributed by atoms with Crippen LogP contribution in [0.5, 0.6) is 0 Å². The zero-order valence-corrected chi connectivity index (χ0v) is 8.68. The van der Waals surface area contributed by atoms with Crippen molar-refractivity contribution in [1.82, 2.24) is 15.6 Å². The van der Waals surface area contributed by atoms with Crippen LogP contribution in [0, 0.1) is 0 Å². The van der Waals surface area contributed by atoms with Crippen molar-refractivity contribution in [1.29, 1.82) is 0 Å². The maximum atomic E-state index is 5.03. The van der Waals surface area contributed by atoms with E-state index in [-0.39, 0.29) is 0 Å². The number of nitrogens with zero attached hydrogens (tertiary/aromatic N) is 1. The molecule has 0 aliphatic carbocycles. The van der Waals surface area contributed by atoms with E-state index in [1.165, 1.54) is 0 Å². The maximum absolute atomic E-state index is 5.03. The fraction of sp³-hybridized carbons (Fsp3) is 0.200. The minimum absolute atomic E-state index is 0.640. The molecule has 3 nitrogen and oxygen atoms in total. The van der Waals surface area contributed by atoms with Crippen molar-refractivity contribution in [2.45, 2.75) is 6.54 Å². The predicted molar refractivity (Wildman–Crippen MR) is 61.9 cm³/mol. The average molecular weight is 207 g/mol. The Morgan fingerprint density at radius 2 is 2.14 bits per heavy atom. The molecule has 1 aromatic heterocycles. The van der Waals surface area contributed by atoms with Crippen LogP contribution in [0.15, 0.2) is 37.2 Å². The molecule has 0 aromatic carbocycles. The van der Waals surface area contributed by atoms with Crippen molar-refractivity contribution >= 4 is 17.3 Å². The third-order valence-corrected chi connectivity index (χ3v) is 1.90. The largest absolute Gasteiger partial charge is 0.359 e. The second kappa shape index (κ2) is 6.10. The number of pyridine rings is 1. The first-order valence-electron chi connectivity index (χ1n) is 4.34. The lowest BCUT2D eigenvalue weighted by atomic mass is 10.3. The van der Waals surface area contributed by atoms with E-state index >= 15 is 0 Å². The van der Waals surface area contributed by atoms with E-state index in [2.05, 4.69) is 22.2 Å². The van der Waals surface area contributed by atoms with E-state index in [0.29, 0.717) is 18.2 Å². The number of rotatable bonds is 4. The van der Waals surface area contributed by atoms with Crippen LogP contribution in [0.3, 0.4) is 0 Å². The van der Waals surface area contributed by atoms with Crippen molar-refractivity contribution in [3.8, 4) is 0 Å². The Morgan fingerprint density at radius 1 is 1.43 bits per heavy atom. The molecule has 0 aliphatic rings. The first-order chi connectivity index (χ1) is 6.83. The standard InChI is InChI=1S/C10H13N3S/c1-2-5-12-10(14)13-8-9-3-6-11-7-4-9/h2-4,6-7H,1,5,8H2,(H2,12,13,14). The highest BCUT2D eigenvalue weighted by Crippen LogP contribution is 1.94. The third-order valence-electron chi connectivity index (χ3n) is 1.61. The molecule has 0 saturated heterocycles. The van der Waals surface area contributed by atoms with Gasteiger partial charge >= 0.3 is 0 Å². The van der Waals surface area contributed by atoms with Gasteiger partial charge in [-0.3, -0.25) is 4.98 Å². The lowest BCUT2D eigenvalue weighted by Crippen LogP contribution is -2.34. The number of hydrogen-bond donors (Lipinski definition) is 2. The van der Waals surface area contributed by atoms with E-state index in [0.717, 1.165) is 5.56 Å². The molecule has 0 spiro atoms. The zero-order valence-electron chi connectivity index (χ0n) is 7.86. The monoisotopic (exact) mass is 207 g/mol. The Bertz CT molecular complexity index is 297. The van der Waals surface area contributed by atoms with Gasteiger partial charge in [-0.15, -0.1) is 6.58 Å². The van der Waals surface area contributed by atoms with Gasteiger partial charge < -0.3 is 10.6 Å². The smallest absolute Gasteiger partial charge is 0.166 e. The van der Waals surface area contributed by atoms with Crippen LogP contribution in [0.2, 0.25) is 0 Å². The van der Waals surface area contributed by atoms with Gasteiger partial charge in [0.25, 0.3) is 0 Å². The summed E-state index contributed by atoms with van der Waals surface area (Å²) in [7, 11) is 0. The van der Waals surface area contributed by atoms with Gasteiger partial charge in [-0.1, -0.05) is 6.08 Å². The molecule has 0 atom stereocenters. The van der Waals surface area contributed by atoms with E-state index in [1.54, 1.807) is 18.5 Å². The topological polar surface area (TPSA) is 37.0 Å². The highest BCUT2D eigenvalue weighted by atomic mass is 32.1. The highest BCUT2D eigenvalue weighted by Gasteiger charge is 1.93. The molecule has 1 rings (SSSR count). The summed E-state index contributed by atoms with van der Waals surface area (Å²) in [5, 5.41) is 6.71. The fourth-order valence-corrected chi connectivity index (χ4v) is 1.07. The van der Waals surface area contributed by atoms with Crippen LogP contribution in [-0.4, -0.2) is 16.6 Å². The van der Waals surface area contributed by atoms with Gasteiger partial charge in [0.05, 0.1) is 0 Å². The van der Waals surface area contributed by atoms with Crippen molar-refractivity contribution in [2.75, 3.05) is 6.54 Å². The minimum Gasteiger partial charge on any atom is -0.359 e. The number of nitrogens with one attached hydrogen (secondary N) is 2. The molecule has 74 valence electrons. The molecule has 4 heteroatoms. The van der Waals surface area contributed by atoms with Gasteiger partial charge in [0, 0.05) is 25.5 Å². The zero-order chi connectivity index (χ0) is 10.2. The summed E-state index contributed by atoms with van der Waals surface area (Å²) in [6.45, 7) is 4.99. The normalized spacial score (nSPS) is 9.14. The Morgan fingerprint density at radius 3 is 2.79 bits per heavy atom. The van der Waals surface area contributed by atoms with Gasteiger partial charge in [0.2, 0.25) is 0 Å². The lowest BCUT2D eigenvalue weighted by molar-refractivity contribution is 0.870. The Labute approximate surface area is 89.2 Å². The molecular formula is C10H13N3S. The van der Waals surface area contributed by atoms with Crippen LogP contribution < -0.4 is 10.6 Å². The molecular weight excluding hydrogens is 194 g/mol. The minimum atomic E-state index is 0.640. The van der Waals surface area contributed by atoms with E-state index in [9.17, 15) is 0 Å². The quantitative estimate of drug-likeness (QED) is 0.575. The second-order valence-corrected chi connectivity index (χ2v) is 3.12. The number of thiocarbonyl (C=S) groups is 1. The molecule has 0 bridgehead atoms. The summed E-state index contributed by atoms with van der Waals surface area (Å²) >= 11 is 5.03.